The van der Waals surface area contributed by atoms with Gasteiger partial charge in [-0.1, -0.05) is 23.4 Å². The Morgan fingerprint density at radius 3 is 2.58 bits per heavy atom. The van der Waals surface area contributed by atoms with Crippen LogP contribution in [0.25, 0.3) is 0 Å². The molecule has 1 aromatic heterocycles. The highest BCUT2D eigenvalue weighted by Gasteiger charge is 2.14. The monoisotopic (exact) mass is 368 g/mol. The number of nitrogens with one attached hydrogen (secondary N) is 1. The summed E-state index contributed by atoms with van der Waals surface area (Å²) >= 11 is 1.44. The molecule has 130 valence electrons. The standard InChI is InChI=1S/C16H20N2O4S2/c1-12-15(13(2)22-18-12)10-23-11-16(19)17-8-9-24(20,21)14-6-4-3-5-7-14/h3-7H,8-11H2,1-2H3,(H,17,19). The maximum atomic E-state index is 12.1. The molecule has 1 amide bonds. The molecular weight excluding hydrogens is 348 g/mol. The summed E-state index contributed by atoms with van der Waals surface area (Å²) < 4.78 is 29.2. The van der Waals surface area contributed by atoms with Crippen molar-refractivity contribution >= 4 is 27.5 Å². The first-order valence-corrected chi connectivity index (χ1v) is 10.2. The molecule has 2 aromatic rings. The zero-order valence-electron chi connectivity index (χ0n) is 13.6. The highest BCUT2D eigenvalue weighted by molar-refractivity contribution is 7.99. The Kier molecular flexibility index (Phi) is 6.44. The molecule has 0 aliphatic carbocycles. The molecule has 0 atom stereocenters. The van der Waals surface area contributed by atoms with E-state index in [1.54, 1.807) is 30.3 Å². The molecule has 24 heavy (non-hydrogen) atoms. The second-order valence-corrected chi connectivity index (χ2v) is 8.37. The van der Waals surface area contributed by atoms with E-state index in [1.807, 2.05) is 13.8 Å². The minimum Gasteiger partial charge on any atom is -0.361 e. The van der Waals surface area contributed by atoms with Crippen LogP contribution in [-0.2, 0) is 20.4 Å². The van der Waals surface area contributed by atoms with Crippen LogP contribution in [-0.4, -0.2) is 37.5 Å². The molecule has 0 aliphatic rings. The molecule has 0 radical (unpaired) electrons. The lowest BCUT2D eigenvalue weighted by Gasteiger charge is -2.06. The predicted octanol–water partition coefficient (Wildman–Crippen LogP) is 2.11. The van der Waals surface area contributed by atoms with Crippen molar-refractivity contribution in [2.24, 2.45) is 0 Å². The number of aryl methyl sites for hydroxylation is 2. The van der Waals surface area contributed by atoms with E-state index in [9.17, 15) is 13.2 Å². The van der Waals surface area contributed by atoms with Crippen LogP contribution in [0.2, 0.25) is 0 Å². The summed E-state index contributed by atoms with van der Waals surface area (Å²) in [5.41, 5.74) is 1.83. The van der Waals surface area contributed by atoms with Crippen LogP contribution in [0, 0.1) is 13.8 Å². The number of thioether (sulfide) groups is 1. The van der Waals surface area contributed by atoms with Crippen molar-refractivity contribution in [3.8, 4) is 0 Å². The molecule has 2 rings (SSSR count). The zero-order valence-corrected chi connectivity index (χ0v) is 15.2. The number of carbonyl (C=O) groups is 1. The van der Waals surface area contributed by atoms with Gasteiger partial charge in [0, 0.05) is 17.9 Å². The summed E-state index contributed by atoms with van der Waals surface area (Å²) in [5, 5.41) is 6.50. The Morgan fingerprint density at radius 2 is 1.96 bits per heavy atom. The van der Waals surface area contributed by atoms with E-state index in [1.165, 1.54) is 11.8 Å². The largest absolute Gasteiger partial charge is 0.361 e. The van der Waals surface area contributed by atoms with Crippen molar-refractivity contribution in [1.82, 2.24) is 10.5 Å². The average Bonchev–Trinajstić information content (AvgIpc) is 2.87. The summed E-state index contributed by atoms with van der Waals surface area (Å²) in [6.07, 6.45) is 0. The number of hydrogen-bond donors (Lipinski definition) is 1. The quantitative estimate of drug-likeness (QED) is 0.768. The topological polar surface area (TPSA) is 89.3 Å². The lowest BCUT2D eigenvalue weighted by molar-refractivity contribution is -0.118. The highest BCUT2D eigenvalue weighted by atomic mass is 32.2. The van der Waals surface area contributed by atoms with E-state index >= 15 is 0 Å². The van der Waals surface area contributed by atoms with Gasteiger partial charge in [0.2, 0.25) is 5.91 Å². The van der Waals surface area contributed by atoms with Gasteiger partial charge in [-0.25, -0.2) is 8.42 Å². The second kappa shape index (κ2) is 8.34. The smallest absolute Gasteiger partial charge is 0.230 e. The van der Waals surface area contributed by atoms with Crippen LogP contribution in [0.5, 0.6) is 0 Å². The third kappa shape index (κ3) is 5.10. The van der Waals surface area contributed by atoms with Gasteiger partial charge in [0.25, 0.3) is 0 Å². The van der Waals surface area contributed by atoms with Crippen LogP contribution < -0.4 is 5.32 Å². The fourth-order valence-electron chi connectivity index (χ4n) is 2.08. The highest BCUT2D eigenvalue weighted by Crippen LogP contribution is 2.19. The van der Waals surface area contributed by atoms with Crippen molar-refractivity contribution in [2.75, 3.05) is 18.1 Å². The molecule has 0 aliphatic heterocycles. The first-order valence-electron chi connectivity index (χ1n) is 7.44. The molecule has 0 saturated heterocycles. The third-order valence-corrected chi connectivity index (χ3v) is 6.15. The molecule has 6 nitrogen and oxygen atoms in total. The summed E-state index contributed by atoms with van der Waals surface area (Å²) in [6, 6.07) is 8.22. The number of nitrogens with zero attached hydrogens (tertiary/aromatic N) is 1. The molecule has 0 spiro atoms. The lowest BCUT2D eigenvalue weighted by atomic mass is 10.2. The number of carbonyl (C=O) groups excluding carboxylic acids is 1. The fraction of sp³-hybridized carbons (Fsp3) is 0.375. The molecule has 0 unspecified atom stereocenters. The maximum Gasteiger partial charge on any atom is 0.230 e. The Hall–Kier alpha value is -1.80. The lowest BCUT2D eigenvalue weighted by Crippen LogP contribution is -2.30. The first-order chi connectivity index (χ1) is 11.4. The summed E-state index contributed by atoms with van der Waals surface area (Å²) in [6.45, 7) is 3.80. The Morgan fingerprint density at radius 1 is 1.25 bits per heavy atom. The summed E-state index contributed by atoms with van der Waals surface area (Å²) in [7, 11) is -3.37. The van der Waals surface area contributed by atoms with Gasteiger partial charge in [0.1, 0.15) is 5.76 Å². The number of aromatic nitrogens is 1. The van der Waals surface area contributed by atoms with E-state index in [2.05, 4.69) is 10.5 Å². The second-order valence-electron chi connectivity index (χ2n) is 5.28. The summed E-state index contributed by atoms with van der Waals surface area (Å²) in [4.78, 5) is 12.1. The number of sulfone groups is 1. The van der Waals surface area contributed by atoms with Crippen molar-refractivity contribution in [1.29, 1.82) is 0 Å². The zero-order chi connectivity index (χ0) is 17.6. The number of amides is 1. The van der Waals surface area contributed by atoms with Crippen LogP contribution >= 0.6 is 11.8 Å². The normalized spacial score (nSPS) is 11.4. The van der Waals surface area contributed by atoms with E-state index < -0.39 is 9.84 Å². The third-order valence-electron chi connectivity index (χ3n) is 3.46. The van der Waals surface area contributed by atoms with E-state index in [4.69, 9.17) is 4.52 Å². The van der Waals surface area contributed by atoms with E-state index in [-0.39, 0.29) is 28.9 Å². The molecule has 1 heterocycles. The predicted molar refractivity (Wildman–Crippen MR) is 93.6 cm³/mol. The van der Waals surface area contributed by atoms with Crippen LogP contribution in [0.15, 0.2) is 39.8 Å². The van der Waals surface area contributed by atoms with Crippen LogP contribution in [0.4, 0.5) is 0 Å². The Bertz CT molecular complexity index is 766. The van der Waals surface area contributed by atoms with Gasteiger partial charge in [-0.3, -0.25) is 4.79 Å². The molecule has 8 heteroatoms. The molecule has 0 fully saturated rings. The maximum absolute atomic E-state index is 12.1. The molecule has 1 N–H and O–H groups in total. The summed E-state index contributed by atoms with van der Waals surface area (Å²) in [5.74, 6) is 1.35. The van der Waals surface area contributed by atoms with Crippen molar-refractivity contribution < 1.29 is 17.7 Å². The van der Waals surface area contributed by atoms with Gasteiger partial charge in [0.05, 0.1) is 22.1 Å². The van der Waals surface area contributed by atoms with Crippen LogP contribution in [0.3, 0.4) is 0 Å². The minimum atomic E-state index is -3.37. The van der Waals surface area contributed by atoms with E-state index in [0.717, 1.165) is 17.0 Å². The van der Waals surface area contributed by atoms with Gasteiger partial charge in [-0.15, -0.1) is 11.8 Å². The van der Waals surface area contributed by atoms with Crippen molar-refractivity contribution in [2.45, 2.75) is 24.5 Å². The van der Waals surface area contributed by atoms with E-state index in [0.29, 0.717) is 5.75 Å². The minimum absolute atomic E-state index is 0.0991. The van der Waals surface area contributed by atoms with Gasteiger partial charge < -0.3 is 9.84 Å². The Labute approximate surface area is 145 Å². The average molecular weight is 368 g/mol. The van der Waals surface area contributed by atoms with Gasteiger partial charge in [-0.2, -0.15) is 0 Å². The molecular formula is C16H20N2O4S2. The van der Waals surface area contributed by atoms with Crippen LogP contribution in [0.1, 0.15) is 17.0 Å². The first kappa shape index (κ1) is 18.5. The van der Waals surface area contributed by atoms with Gasteiger partial charge in [-0.05, 0) is 26.0 Å². The van der Waals surface area contributed by atoms with Crippen molar-refractivity contribution in [3.05, 3.63) is 47.3 Å². The Balaban J connectivity index is 1.72. The SMILES string of the molecule is Cc1noc(C)c1CSCC(=O)NCCS(=O)(=O)c1ccccc1. The van der Waals surface area contributed by atoms with Gasteiger partial charge >= 0.3 is 0 Å². The molecule has 0 bridgehead atoms. The number of rotatable bonds is 8. The fourth-order valence-corrected chi connectivity index (χ4v) is 4.26. The van der Waals surface area contributed by atoms with Gasteiger partial charge in [0.15, 0.2) is 9.84 Å². The molecule has 1 aromatic carbocycles. The van der Waals surface area contributed by atoms with Crippen molar-refractivity contribution in [3.63, 3.8) is 0 Å². The number of benzene rings is 1. The number of hydrogen-bond acceptors (Lipinski definition) is 6. The molecule has 0 saturated carbocycles.